The molecule has 0 bridgehead atoms. The Hall–Kier alpha value is -2.20. The molecule has 0 amide bonds. The van der Waals surface area contributed by atoms with Crippen LogP contribution in [0.4, 0.5) is 0 Å². The van der Waals surface area contributed by atoms with Crippen molar-refractivity contribution in [2.24, 2.45) is 0 Å². The van der Waals surface area contributed by atoms with E-state index in [9.17, 15) is 8.42 Å². The van der Waals surface area contributed by atoms with Crippen LogP contribution < -0.4 is 10.4 Å². The number of fused-ring (bicyclic) bond motifs is 2. The first-order valence-electron chi connectivity index (χ1n) is 19.8. The molecular weight excluding hydrogens is 733 g/mol. The molecule has 4 aliphatic rings. The summed E-state index contributed by atoms with van der Waals surface area (Å²) in [5.41, 5.74) is 0. The third kappa shape index (κ3) is 7.38. The molecule has 8 atom stereocenters. The van der Waals surface area contributed by atoms with Crippen molar-refractivity contribution >= 4 is 36.8 Å². The molecular formula is C43H60O8SSi2. The monoisotopic (exact) mass is 792 g/mol. The number of hydrogen-bond donors (Lipinski definition) is 0. The van der Waals surface area contributed by atoms with Crippen molar-refractivity contribution in [3.63, 3.8) is 0 Å². The average molecular weight is 793 g/mol. The van der Waals surface area contributed by atoms with E-state index >= 15 is 0 Å². The van der Waals surface area contributed by atoms with Crippen LogP contribution in [0.25, 0.3) is 0 Å². The molecule has 4 heterocycles. The summed E-state index contributed by atoms with van der Waals surface area (Å²) in [6.45, 7) is 18.7. The summed E-state index contributed by atoms with van der Waals surface area (Å²) in [6, 6.07) is 29.5. The second kappa shape index (κ2) is 15.0. The number of hydrogen-bond acceptors (Lipinski definition) is 8. The molecule has 0 aromatic heterocycles. The molecule has 11 heteroatoms. The second-order valence-electron chi connectivity index (χ2n) is 18.3. The first-order valence-corrected chi connectivity index (χ1v) is 26.1. The van der Waals surface area contributed by atoms with Gasteiger partial charge >= 0.3 is 0 Å². The van der Waals surface area contributed by atoms with Crippen molar-refractivity contribution in [3.8, 4) is 0 Å². The molecule has 4 aliphatic heterocycles. The van der Waals surface area contributed by atoms with Crippen LogP contribution in [0.2, 0.25) is 23.2 Å². The summed E-state index contributed by atoms with van der Waals surface area (Å²) >= 11 is 0. The highest BCUT2D eigenvalue weighted by Gasteiger charge is 2.69. The smallest absolute Gasteiger partial charge is 0.261 e. The minimum absolute atomic E-state index is 0.0229. The maximum absolute atomic E-state index is 15.0. The van der Waals surface area contributed by atoms with Gasteiger partial charge in [-0.2, -0.15) is 0 Å². The normalized spacial score (nSPS) is 30.6. The van der Waals surface area contributed by atoms with Gasteiger partial charge < -0.3 is 27.8 Å². The van der Waals surface area contributed by atoms with Gasteiger partial charge in [0.2, 0.25) is 14.8 Å². The molecule has 0 spiro atoms. The summed E-state index contributed by atoms with van der Waals surface area (Å²) in [5.74, 6) is 0. The molecule has 0 radical (unpaired) electrons. The summed E-state index contributed by atoms with van der Waals surface area (Å²) < 4.78 is 70.9. The Labute approximate surface area is 325 Å². The fourth-order valence-corrected chi connectivity index (χ4v) is 16.6. The van der Waals surface area contributed by atoms with Gasteiger partial charge in [0.05, 0.1) is 48.1 Å². The Morgan fingerprint density at radius 3 is 1.89 bits per heavy atom. The van der Waals surface area contributed by atoms with Crippen LogP contribution >= 0.6 is 0 Å². The maximum Gasteiger partial charge on any atom is 0.261 e. The fourth-order valence-electron chi connectivity index (χ4n) is 8.72. The van der Waals surface area contributed by atoms with Gasteiger partial charge in [0.1, 0.15) is 6.10 Å². The van der Waals surface area contributed by atoms with Crippen molar-refractivity contribution in [1.82, 2.24) is 0 Å². The lowest BCUT2D eigenvalue weighted by molar-refractivity contribution is -0.258. The molecule has 0 N–H and O–H groups in total. The highest BCUT2D eigenvalue weighted by Crippen LogP contribution is 2.52. The van der Waals surface area contributed by atoms with Crippen molar-refractivity contribution in [2.45, 2.75) is 149 Å². The lowest BCUT2D eigenvalue weighted by Crippen LogP contribution is -2.67. The zero-order chi connectivity index (χ0) is 38.6. The lowest BCUT2D eigenvalue weighted by Gasteiger charge is -2.51. The van der Waals surface area contributed by atoms with E-state index in [1.165, 1.54) is 0 Å². The molecule has 4 saturated heterocycles. The van der Waals surface area contributed by atoms with E-state index in [1.807, 2.05) is 18.2 Å². The molecule has 7 rings (SSSR count). The van der Waals surface area contributed by atoms with Crippen LogP contribution in [0.15, 0.2) is 95.9 Å². The van der Waals surface area contributed by atoms with Gasteiger partial charge in [-0.15, -0.1) is 0 Å². The molecule has 0 aliphatic carbocycles. The molecule has 4 fully saturated rings. The van der Waals surface area contributed by atoms with Crippen LogP contribution in [0.3, 0.4) is 0 Å². The van der Waals surface area contributed by atoms with Crippen molar-refractivity contribution < 1.29 is 36.2 Å². The minimum Gasteiger partial charge on any atom is -0.411 e. The van der Waals surface area contributed by atoms with Crippen molar-refractivity contribution in [1.29, 1.82) is 0 Å². The summed E-state index contributed by atoms with van der Waals surface area (Å²) in [4.78, 5) is -1.33. The number of epoxide rings is 1. The minimum atomic E-state index is -4.02. The topological polar surface area (TPSA) is 92.8 Å². The van der Waals surface area contributed by atoms with Gasteiger partial charge in [0.25, 0.3) is 8.32 Å². The lowest BCUT2D eigenvalue weighted by atomic mass is 9.87. The molecule has 3 aromatic carbocycles. The van der Waals surface area contributed by atoms with Crippen LogP contribution in [-0.4, -0.2) is 85.9 Å². The van der Waals surface area contributed by atoms with E-state index < -0.39 is 43.6 Å². The molecule has 0 saturated carbocycles. The largest absolute Gasteiger partial charge is 0.411 e. The van der Waals surface area contributed by atoms with Crippen LogP contribution in [0.5, 0.6) is 0 Å². The standard InChI is InChI=1S/C43H60O8SSi2/c1-41(2,3)53(7,8)51-38-28-37-36(27-35-34(48-37)25-18-26-46-35)49-39(38)29-43(52(44,45)31-19-12-9-13-20-31)40(50-43)30-47-54(42(4,5)6,32-21-14-10-15-22-32)33-23-16-11-17-24-33/h9-17,19-24,34-40H,18,25-30H2,1-8H3/t34-,35+,36-,37+,38-,39+,40-,43+/m0/s1. The van der Waals surface area contributed by atoms with Gasteiger partial charge in [0.15, 0.2) is 8.32 Å². The first-order chi connectivity index (χ1) is 25.5. The maximum atomic E-state index is 15.0. The second-order valence-corrected chi connectivity index (χ2v) is 29.5. The van der Waals surface area contributed by atoms with E-state index in [1.54, 1.807) is 24.3 Å². The molecule has 8 nitrogen and oxygen atoms in total. The van der Waals surface area contributed by atoms with Crippen molar-refractivity contribution in [2.75, 3.05) is 13.2 Å². The molecule has 54 heavy (non-hydrogen) atoms. The zero-order valence-electron chi connectivity index (χ0n) is 33.3. The molecule has 3 aromatic rings. The van der Waals surface area contributed by atoms with E-state index in [4.69, 9.17) is 27.8 Å². The highest BCUT2D eigenvalue weighted by molar-refractivity contribution is 7.93. The Morgan fingerprint density at radius 1 is 0.741 bits per heavy atom. The van der Waals surface area contributed by atoms with Gasteiger partial charge in [0, 0.05) is 25.9 Å². The predicted octanol–water partition coefficient (Wildman–Crippen LogP) is 7.41. The van der Waals surface area contributed by atoms with Crippen LogP contribution in [0, 0.1) is 0 Å². The predicted molar refractivity (Wildman–Crippen MR) is 217 cm³/mol. The van der Waals surface area contributed by atoms with Crippen LogP contribution in [0.1, 0.15) is 73.6 Å². The summed E-state index contributed by atoms with van der Waals surface area (Å²) in [7, 11) is -9.32. The molecule has 0 unspecified atom stereocenters. The number of sulfone groups is 1. The SMILES string of the molecule is CC(C)(C)[Si](C)(C)O[C@H]1C[C@H]2O[C@H]3CCCO[C@@H]3C[C@@H]2O[C@@H]1C[C@]1(S(=O)(=O)c2ccccc2)O[C@H]1CO[Si](c1ccccc1)(c1ccccc1)C(C)(C)C. The van der Waals surface area contributed by atoms with E-state index in [-0.39, 0.29) is 58.5 Å². The Morgan fingerprint density at radius 2 is 1.31 bits per heavy atom. The average Bonchev–Trinajstić information content (AvgIpc) is 3.85. The Balaban J connectivity index is 1.25. The summed E-state index contributed by atoms with van der Waals surface area (Å²) in [5, 5.41) is 1.92. The van der Waals surface area contributed by atoms with Gasteiger partial charge in [-0.05, 0) is 58.5 Å². The summed E-state index contributed by atoms with van der Waals surface area (Å²) in [6.07, 6.45) is 1.48. The number of rotatable bonds is 11. The number of benzene rings is 3. The van der Waals surface area contributed by atoms with Crippen molar-refractivity contribution in [3.05, 3.63) is 91.0 Å². The third-order valence-electron chi connectivity index (χ3n) is 12.7. The first kappa shape index (κ1) is 40.0. The Bertz CT molecular complexity index is 1790. The third-order valence-corrected chi connectivity index (χ3v) is 24.6. The quantitative estimate of drug-likeness (QED) is 0.147. The van der Waals surface area contributed by atoms with Gasteiger partial charge in [-0.25, -0.2) is 8.42 Å². The molecule has 294 valence electrons. The zero-order valence-corrected chi connectivity index (χ0v) is 36.1. The van der Waals surface area contributed by atoms with E-state index in [0.717, 1.165) is 36.2 Å². The van der Waals surface area contributed by atoms with Crippen LogP contribution in [-0.2, 0) is 37.6 Å². The van der Waals surface area contributed by atoms with E-state index in [2.05, 4.69) is 103 Å². The number of ether oxygens (including phenoxy) is 4. The van der Waals surface area contributed by atoms with Gasteiger partial charge in [-0.1, -0.05) is 120 Å². The van der Waals surface area contributed by atoms with E-state index in [0.29, 0.717) is 6.42 Å². The highest BCUT2D eigenvalue weighted by atomic mass is 32.2. The fraction of sp³-hybridized carbons (Fsp3) is 0.581. The Kier molecular flexibility index (Phi) is 11.1. The van der Waals surface area contributed by atoms with Gasteiger partial charge in [-0.3, -0.25) is 0 Å².